The Kier molecular flexibility index (Phi) is 8.18. The summed E-state index contributed by atoms with van der Waals surface area (Å²) in [6.45, 7) is 8.66. The normalized spacial score (nSPS) is 16.6. The van der Waals surface area contributed by atoms with Crippen LogP contribution in [-0.4, -0.2) is 48.8 Å². The summed E-state index contributed by atoms with van der Waals surface area (Å²) in [5.41, 5.74) is 0.540. The molecule has 172 valence electrons. The number of carbonyl (C=O) groups is 2. The zero-order chi connectivity index (χ0) is 22.3. The second-order valence-electron chi connectivity index (χ2n) is 9.42. The maximum absolute atomic E-state index is 13.0. The number of hydrogen-bond donors (Lipinski definition) is 1. The van der Waals surface area contributed by atoms with E-state index < -0.39 is 11.7 Å². The van der Waals surface area contributed by atoms with E-state index in [1.165, 1.54) is 11.3 Å². The molecule has 3 rings (SSSR count). The molecule has 7 nitrogen and oxygen atoms in total. The van der Waals surface area contributed by atoms with Gasteiger partial charge in [-0.1, -0.05) is 19.3 Å². The number of amides is 2. The highest BCUT2D eigenvalue weighted by Gasteiger charge is 2.32. The van der Waals surface area contributed by atoms with Crippen molar-refractivity contribution in [2.75, 3.05) is 26.3 Å². The Hall–Kier alpha value is -2.28. The van der Waals surface area contributed by atoms with E-state index in [0.29, 0.717) is 19.8 Å². The van der Waals surface area contributed by atoms with Gasteiger partial charge in [0.25, 0.3) is 0 Å². The number of rotatable bonds is 7. The number of ether oxygens (including phenoxy) is 3. The Balaban J connectivity index is 1.49. The molecule has 1 aromatic carbocycles. The largest absolute Gasteiger partial charge is 0.486 e. The van der Waals surface area contributed by atoms with Crippen LogP contribution in [0.3, 0.4) is 0 Å². The van der Waals surface area contributed by atoms with Gasteiger partial charge in [0.1, 0.15) is 25.4 Å². The van der Waals surface area contributed by atoms with Crippen LogP contribution in [0.1, 0.15) is 64.9 Å². The van der Waals surface area contributed by atoms with Gasteiger partial charge in [-0.15, -0.1) is 0 Å². The molecule has 1 heterocycles. The van der Waals surface area contributed by atoms with Crippen molar-refractivity contribution in [1.82, 2.24) is 4.90 Å². The zero-order valence-electron chi connectivity index (χ0n) is 19.2. The summed E-state index contributed by atoms with van der Waals surface area (Å²) >= 11 is 0. The van der Waals surface area contributed by atoms with E-state index >= 15 is 0 Å². The SMILES string of the molecule is CC(C)(C)OC(=O)N(CCC[NH2+]Cc1ccc2c(c1)OCCO2)C(=O)C1CCCCC1. The lowest BCUT2D eigenvalue weighted by atomic mass is 9.88. The second-order valence-corrected chi connectivity index (χ2v) is 9.42. The number of nitrogens with two attached hydrogens (primary N) is 1. The molecule has 7 heteroatoms. The van der Waals surface area contributed by atoms with Crippen LogP contribution < -0.4 is 14.8 Å². The molecule has 1 saturated carbocycles. The molecule has 1 aliphatic heterocycles. The molecule has 2 aliphatic rings. The molecule has 1 fully saturated rings. The van der Waals surface area contributed by atoms with Crippen molar-refractivity contribution < 1.29 is 29.1 Å². The average Bonchev–Trinajstić information content (AvgIpc) is 2.75. The molecule has 0 spiro atoms. The summed E-state index contributed by atoms with van der Waals surface area (Å²) in [6, 6.07) is 6.01. The zero-order valence-corrected chi connectivity index (χ0v) is 19.2. The lowest BCUT2D eigenvalue weighted by Crippen LogP contribution is -2.82. The molecule has 31 heavy (non-hydrogen) atoms. The van der Waals surface area contributed by atoms with Gasteiger partial charge >= 0.3 is 6.09 Å². The van der Waals surface area contributed by atoms with Crippen LogP contribution in [0.5, 0.6) is 11.5 Å². The fourth-order valence-electron chi connectivity index (χ4n) is 4.06. The maximum atomic E-state index is 13.0. The third-order valence-corrected chi connectivity index (χ3v) is 5.61. The number of quaternary nitrogens is 1. The van der Waals surface area contributed by atoms with Crippen LogP contribution >= 0.6 is 0 Å². The monoisotopic (exact) mass is 433 g/mol. The summed E-state index contributed by atoms with van der Waals surface area (Å²) in [6.07, 6.45) is 5.23. The first-order valence-corrected chi connectivity index (χ1v) is 11.6. The number of imide groups is 1. The Bertz CT molecular complexity index is 753. The van der Waals surface area contributed by atoms with Gasteiger partial charge in [-0.2, -0.15) is 0 Å². The summed E-state index contributed by atoms with van der Waals surface area (Å²) in [4.78, 5) is 27.1. The van der Waals surface area contributed by atoms with Crippen molar-refractivity contribution in [2.24, 2.45) is 5.92 Å². The standard InChI is InChI=1S/C24H36N2O5/c1-24(2,3)31-23(28)26(22(27)19-8-5-4-6-9-19)13-7-12-25-17-18-10-11-20-21(16-18)30-15-14-29-20/h10-11,16,19,25H,4-9,12-15,17H2,1-3H3/p+1. The molecule has 0 unspecified atom stereocenters. The summed E-state index contributed by atoms with van der Waals surface area (Å²) in [5.74, 6) is 1.47. The van der Waals surface area contributed by atoms with Crippen molar-refractivity contribution in [2.45, 2.75) is 71.4 Å². The van der Waals surface area contributed by atoms with Gasteiger partial charge in [-0.3, -0.25) is 4.79 Å². The minimum Gasteiger partial charge on any atom is -0.486 e. The number of nitrogens with zero attached hydrogens (tertiary/aromatic N) is 1. The Morgan fingerprint density at radius 2 is 1.81 bits per heavy atom. The molecule has 0 radical (unpaired) electrons. The highest BCUT2D eigenvalue weighted by Crippen LogP contribution is 2.30. The second kappa shape index (κ2) is 10.8. The van der Waals surface area contributed by atoms with E-state index in [4.69, 9.17) is 14.2 Å². The van der Waals surface area contributed by atoms with Crippen LogP contribution in [0.2, 0.25) is 0 Å². The van der Waals surface area contributed by atoms with Crippen LogP contribution in [0.25, 0.3) is 0 Å². The minimum absolute atomic E-state index is 0.0528. The van der Waals surface area contributed by atoms with Crippen molar-refractivity contribution in [1.29, 1.82) is 0 Å². The van der Waals surface area contributed by atoms with Gasteiger partial charge in [0.05, 0.1) is 6.54 Å². The Morgan fingerprint density at radius 3 is 2.52 bits per heavy atom. The van der Waals surface area contributed by atoms with E-state index in [1.807, 2.05) is 39.0 Å². The fourth-order valence-corrected chi connectivity index (χ4v) is 4.06. The van der Waals surface area contributed by atoms with Crippen molar-refractivity contribution >= 4 is 12.0 Å². The third-order valence-electron chi connectivity index (χ3n) is 5.61. The molecule has 2 amide bonds. The highest BCUT2D eigenvalue weighted by molar-refractivity contribution is 5.93. The molecule has 0 bridgehead atoms. The smallest absolute Gasteiger partial charge is 0.417 e. The van der Waals surface area contributed by atoms with E-state index in [-0.39, 0.29) is 11.8 Å². The molecular formula is C24H37N2O5+. The predicted molar refractivity (Wildman–Crippen MR) is 117 cm³/mol. The predicted octanol–water partition coefficient (Wildman–Crippen LogP) is 3.26. The van der Waals surface area contributed by atoms with Crippen LogP contribution in [0.4, 0.5) is 4.79 Å². The number of hydrogen-bond acceptors (Lipinski definition) is 5. The highest BCUT2D eigenvalue weighted by atomic mass is 16.6. The van der Waals surface area contributed by atoms with E-state index in [0.717, 1.165) is 62.3 Å². The lowest BCUT2D eigenvalue weighted by Gasteiger charge is -2.30. The van der Waals surface area contributed by atoms with Gasteiger partial charge in [-0.25, -0.2) is 9.69 Å². The molecule has 0 saturated heterocycles. The van der Waals surface area contributed by atoms with Crippen molar-refractivity contribution in [3.63, 3.8) is 0 Å². The van der Waals surface area contributed by atoms with E-state index in [1.54, 1.807) is 0 Å². The number of fused-ring (bicyclic) bond motifs is 1. The molecule has 2 N–H and O–H groups in total. The molecule has 1 aromatic rings. The van der Waals surface area contributed by atoms with Crippen LogP contribution in [0, 0.1) is 5.92 Å². The van der Waals surface area contributed by atoms with Gasteiger partial charge in [0, 0.05) is 24.4 Å². The first kappa shape index (κ1) is 23.4. The van der Waals surface area contributed by atoms with Crippen LogP contribution in [0.15, 0.2) is 18.2 Å². The van der Waals surface area contributed by atoms with Crippen LogP contribution in [-0.2, 0) is 16.1 Å². The molecule has 0 atom stereocenters. The summed E-state index contributed by atoms with van der Waals surface area (Å²) in [5, 5.41) is 2.18. The minimum atomic E-state index is -0.619. The first-order chi connectivity index (χ1) is 14.8. The summed E-state index contributed by atoms with van der Waals surface area (Å²) in [7, 11) is 0. The van der Waals surface area contributed by atoms with Gasteiger partial charge in [0.15, 0.2) is 11.5 Å². The number of carbonyl (C=O) groups excluding carboxylic acids is 2. The number of benzene rings is 1. The summed E-state index contributed by atoms with van der Waals surface area (Å²) < 4.78 is 16.7. The first-order valence-electron chi connectivity index (χ1n) is 11.6. The lowest BCUT2D eigenvalue weighted by molar-refractivity contribution is -0.670. The van der Waals surface area contributed by atoms with Crippen molar-refractivity contribution in [3.8, 4) is 11.5 Å². The Labute approximate surface area is 185 Å². The maximum Gasteiger partial charge on any atom is 0.417 e. The third kappa shape index (κ3) is 7.13. The quantitative estimate of drug-likeness (QED) is 0.668. The average molecular weight is 434 g/mol. The van der Waals surface area contributed by atoms with E-state index in [9.17, 15) is 9.59 Å². The fraction of sp³-hybridized carbons (Fsp3) is 0.667. The Morgan fingerprint density at radius 1 is 1.10 bits per heavy atom. The molecule has 0 aromatic heterocycles. The topological polar surface area (TPSA) is 81.7 Å². The van der Waals surface area contributed by atoms with Gasteiger partial charge in [0.2, 0.25) is 5.91 Å². The molecule has 1 aliphatic carbocycles. The van der Waals surface area contributed by atoms with Gasteiger partial charge < -0.3 is 19.5 Å². The van der Waals surface area contributed by atoms with Gasteiger partial charge in [-0.05, 0) is 51.8 Å². The van der Waals surface area contributed by atoms with E-state index in [2.05, 4.69) is 5.32 Å². The molecular weight excluding hydrogens is 396 g/mol. The van der Waals surface area contributed by atoms with Crippen molar-refractivity contribution in [3.05, 3.63) is 23.8 Å².